The molecule has 1 aliphatic heterocycles. The van der Waals surface area contributed by atoms with Gasteiger partial charge in [-0.1, -0.05) is 11.3 Å². The summed E-state index contributed by atoms with van der Waals surface area (Å²) in [4.78, 5) is 21.3. The average Bonchev–Trinajstić information content (AvgIpc) is 2.87. The molecule has 2 heterocycles. The lowest BCUT2D eigenvalue weighted by atomic mass is 10.5. The van der Waals surface area contributed by atoms with Gasteiger partial charge in [0.25, 0.3) is 10.0 Å². The van der Waals surface area contributed by atoms with Crippen LogP contribution in [0, 0.1) is 6.92 Å². The molecule has 0 radical (unpaired) electrons. The van der Waals surface area contributed by atoms with Crippen molar-refractivity contribution in [2.75, 3.05) is 25.1 Å². The second-order valence-electron chi connectivity index (χ2n) is 4.23. The van der Waals surface area contributed by atoms with Gasteiger partial charge >= 0.3 is 6.03 Å². The van der Waals surface area contributed by atoms with E-state index in [9.17, 15) is 13.2 Å². The number of anilines is 1. The molecule has 0 saturated carbocycles. The predicted octanol–water partition coefficient (Wildman–Crippen LogP) is 0.112. The molecule has 1 aliphatic rings. The SMILES string of the molecule is Cc1nc(NC(=O)N2C=CC=NC2)sc1S(=O)(=O)NCCO. The third-order valence-electron chi connectivity index (χ3n) is 2.57. The van der Waals surface area contributed by atoms with Gasteiger partial charge in [-0.05, 0) is 13.0 Å². The van der Waals surface area contributed by atoms with Crippen LogP contribution in [0.4, 0.5) is 9.93 Å². The van der Waals surface area contributed by atoms with Crippen molar-refractivity contribution in [3.05, 3.63) is 18.0 Å². The standard InChI is InChI=1S/C11H15N5O4S2/c1-8-9(22(19,20)13-4-6-17)21-10(14-8)15-11(18)16-5-2-3-12-7-16/h2-3,5,13,17H,4,6-7H2,1H3,(H,14,15,18). The summed E-state index contributed by atoms with van der Waals surface area (Å²) in [7, 11) is -3.75. The zero-order valence-corrected chi connectivity index (χ0v) is 13.3. The number of aliphatic imine (C=N–C) groups is 1. The number of aryl methyl sites for hydroxylation is 1. The molecule has 0 unspecified atom stereocenters. The van der Waals surface area contributed by atoms with E-state index in [1.165, 1.54) is 11.8 Å². The van der Waals surface area contributed by atoms with Crippen LogP contribution in [0.25, 0.3) is 0 Å². The summed E-state index contributed by atoms with van der Waals surface area (Å²) in [6.07, 6.45) is 4.75. The van der Waals surface area contributed by atoms with E-state index in [1.807, 2.05) is 0 Å². The molecule has 3 N–H and O–H groups in total. The lowest BCUT2D eigenvalue weighted by Gasteiger charge is -2.17. The smallest absolute Gasteiger partial charge is 0.329 e. The highest BCUT2D eigenvalue weighted by Gasteiger charge is 2.22. The van der Waals surface area contributed by atoms with E-state index in [2.05, 4.69) is 20.0 Å². The van der Waals surface area contributed by atoms with E-state index in [0.717, 1.165) is 11.3 Å². The summed E-state index contributed by atoms with van der Waals surface area (Å²) < 4.78 is 26.3. The number of allylic oxidation sites excluding steroid dienone is 1. The fourth-order valence-electron chi connectivity index (χ4n) is 1.61. The fourth-order valence-corrected chi connectivity index (χ4v) is 4.08. The molecule has 120 valence electrons. The molecule has 0 spiro atoms. The van der Waals surface area contributed by atoms with Crippen LogP contribution in [0.2, 0.25) is 0 Å². The number of aliphatic hydroxyl groups excluding tert-OH is 1. The molecule has 1 aromatic rings. The number of aliphatic hydroxyl groups is 1. The Bertz CT molecular complexity index is 710. The monoisotopic (exact) mass is 345 g/mol. The van der Waals surface area contributed by atoms with E-state index < -0.39 is 16.1 Å². The summed E-state index contributed by atoms with van der Waals surface area (Å²) >= 11 is 0.845. The highest BCUT2D eigenvalue weighted by atomic mass is 32.2. The molecule has 2 amide bonds. The zero-order valence-electron chi connectivity index (χ0n) is 11.7. The molecule has 0 aromatic carbocycles. The number of urea groups is 1. The lowest BCUT2D eigenvalue weighted by molar-refractivity contribution is 0.229. The molecule has 9 nitrogen and oxygen atoms in total. The number of hydrogen-bond acceptors (Lipinski definition) is 7. The average molecular weight is 345 g/mol. The van der Waals surface area contributed by atoms with E-state index in [0.29, 0.717) is 0 Å². The molecule has 11 heteroatoms. The van der Waals surface area contributed by atoms with Crippen molar-refractivity contribution < 1.29 is 18.3 Å². The first-order valence-electron chi connectivity index (χ1n) is 6.26. The largest absolute Gasteiger partial charge is 0.395 e. The number of carbonyl (C=O) groups excluding carboxylic acids is 1. The molecule has 0 atom stereocenters. The maximum atomic E-state index is 12.0. The Hall–Kier alpha value is -1.82. The Balaban J connectivity index is 2.11. The van der Waals surface area contributed by atoms with Gasteiger partial charge < -0.3 is 5.11 Å². The van der Waals surface area contributed by atoms with Crippen LogP contribution in [0.3, 0.4) is 0 Å². The number of hydrogen-bond donors (Lipinski definition) is 3. The fraction of sp³-hybridized carbons (Fsp3) is 0.364. The number of nitrogens with zero attached hydrogens (tertiary/aromatic N) is 3. The van der Waals surface area contributed by atoms with Gasteiger partial charge in [0.05, 0.1) is 12.3 Å². The van der Waals surface area contributed by atoms with Gasteiger partial charge in [0.1, 0.15) is 6.67 Å². The first-order chi connectivity index (χ1) is 10.4. The molecule has 0 aliphatic carbocycles. The van der Waals surface area contributed by atoms with Gasteiger partial charge in [-0.3, -0.25) is 15.2 Å². The Morgan fingerprint density at radius 2 is 2.32 bits per heavy atom. The van der Waals surface area contributed by atoms with Crippen LogP contribution in [-0.4, -0.2) is 55.5 Å². The Kier molecular flexibility index (Phi) is 5.24. The first-order valence-corrected chi connectivity index (χ1v) is 8.56. The number of rotatable bonds is 5. The minimum Gasteiger partial charge on any atom is -0.395 e. The van der Waals surface area contributed by atoms with Crippen LogP contribution in [0.5, 0.6) is 0 Å². The minimum atomic E-state index is -3.75. The van der Waals surface area contributed by atoms with Gasteiger partial charge in [-0.25, -0.2) is 22.9 Å². The molecule has 1 aromatic heterocycles. The van der Waals surface area contributed by atoms with Gasteiger partial charge in [0, 0.05) is 19.0 Å². The molecular formula is C11H15N5O4S2. The van der Waals surface area contributed by atoms with Gasteiger partial charge in [-0.2, -0.15) is 0 Å². The highest BCUT2D eigenvalue weighted by molar-refractivity contribution is 7.91. The molecule has 22 heavy (non-hydrogen) atoms. The Morgan fingerprint density at radius 3 is 2.95 bits per heavy atom. The molecular weight excluding hydrogens is 330 g/mol. The van der Waals surface area contributed by atoms with Crippen LogP contribution in [-0.2, 0) is 10.0 Å². The van der Waals surface area contributed by atoms with Crippen LogP contribution in [0.15, 0.2) is 21.5 Å². The minimum absolute atomic E-state index is 0.00320. The van der Waals surface area contributed by atoms with E-state index >= 15 is 0 Å². The quantitative estimate of drug-likeness (QED) is 0.699. The van der Waals surface area contributed by atoms with Crippen molar-refractivity contribution in [3.63, 3.8) is 0 Å². The van der Waals surface area contributed by atoms with Crippen molar-refractivity contribution in [1.82, 2.24) is 14.6 Å². The maximum absolute atomic E-state index is 12.0. The number of nitrogens with one attached hydrogen (secondary N) is 2. The third-order valence-corrected chi connectivity index (χ3v) is 5.71. The summed E-state index contributed by atoms with van der Waals surface area (Å²) in [6.45, 7) is 1.33. The van der Waals surface area contributed by atoms with Crippen LogP contribution >= 0.6 is 11.3 Å². The van der Waals surface area contributed by atoms with Crippen molar-refractivity contribution in [3.8, 4) is 0 Å². The van der Waals surface area contributed by atoms with Gasteiger partial charge in [-0.15, -0.1) is 0 Å². The number of thiazole rings is 1. The normalized spacial score (nSPS) is 14.4. The summed E-state index contributed by atoms with van der Waals surface area (Å²) in [5, 5.41) is 11.4. The maximum Gasteiger partial charge on any atom is 0.329 e. The zero-order chi connectivity index (χ0) is 16.2. The molecule has 0 bridgehead atoms. The lowest BCUT2D eigenvalue weighted by Crippen LogP contribution is -2.31. The van der Waals surface area contributed by atoms with Crippen LogP contribution < -0.4 is 10.0 Å². The second kappa shape index (κ2) is 6.96. The topological polar surface area (TPSA) is 124 Å². The predicted molar refractivity (Wildman–Crippen MR) is 82.5 cm³/mol. The Morgan fingerprint density at radius 1 is 1.55 bits per heavy atom. The first kappa shape index (κ1) is 16.5. The second-order valence-corrected chi connectivity index (χ2v) is 7.19. The van der Waals surface area contributed by atoms with Gasteiger partial charge in [0.15, 0.2) is 9.34 Å². The van der Waals surface area contributed by atoms with Crippen molar-refractivity contribution in [1.29, 1.82) is 0 Å². The van der Waals surface area contributed by atoms with Crippen molar-refractivity contribution in [2.45, 2.75) is 11.1 Å². The molecule has 0 fully saturated rings. The number of sulfonamides is 1. The summed E-state index contributed by atoms with van der Waals surface area (Å²) in [5.41, 5.74) is 0.276. The molecule has 2 rings (SSSR count). The van der Waals surface area contributed by atoms with Crippen molar-refractivity contribution in [2.24, 2.45) is 4.99 Å². The number of carbonyl (C=O) groups is 1. The van der Waals surface area contributed by atoms with E-state index in [1.54, 1.807) is 18.5 Å². The number of amides is 2. The highest BCUT2D eigenvalue weighted by Crippen LogP contribution is 2.27. The summed E-state index contributed by atoms with van der Waals surface area (Å²) in [5.74, 6) is 0. The van der Waals surface area contributed by atoms with E-state index in [-0.39, 0.29) is 34.9 Å². The van der Waals surface area contributed by atoms with Gasteiger partial charge in [0.2, 0.25) is 0 Å². The third kappa shape index (κ3) is 3.88. The molecule has 0 saturated heterocycles. The Labute approximate surface area is 131 Å². The number of aromatic nitrogens is 1. The van der Waals surface area contributed by atoms with Crippen molar-refractivity contribution >= 4 is 38.7 Å². The summed E-state index contributed by atoms with van der Waals surface area (Å²) in [6, 6.07) is -0.450. The van der Waals surface area contributed by atoms with E-state index in [4.69, 9.17) is 5.11 Å². The van der Waals surface area contributed by atoms with Crippen LogP contribution in [0.1, 0.15) is 5.69 Å².